The number of alkyl carbamates (subject to hydrolysis) is 1. The molecule has 0 aromatic heterocycles. The van der Waals surface area contributed by atoms with E-state index in [9.17, 15) is 13.8 Å². The normalized spacial score (nSPS) is 24.7. The minimum atomic E-state index is -1.14. The van der Waals surface area contributed by atoms with Gasteiger partial charge in [-0.25, -0.2) is 22.1 Å². The number of rotatable bonds is 10. The Kier molecular flexibility index (Phi) is 11.8. The maximum absolute atomic E-state index is 15.5. The Morgan fingerprint density at radius 2 is 1.87 bits per heavy atom. The first-order chi connectivity index (χ1) is 22.2. The average Bonchev–Trinajstić information content (AvgIpc) is 3.20. The summed E-state index contributed by atoms with van der Waals surface area (Å²) < 4.78 is 56.2. The van der Waals surface area contributed by atoms with Crippen LogP contribution in [0.25, 0.3) is 0 Å². The monoisotopic (exact) mass is 678 g/mol. The molecule has 3 aliphatic heterocycles. The fraction of sp³-hybridized carbons (Fsp3) is 0.515. The summed E-state index contributed by atoms with van der Waals surface area (Å²) in [5.41, 5.74) is 0.593. The number of piperazine rings is 1. The molecule has 2 aromatic rings. The van der Waals surface area contributed by atoms with Crippen molar-refractivity contribution in [2.45, 2.75) is 56.5 Å². The maximum Gasteiger partial charge on any atom is 0.411 e. The van der Waals surface area contributed by atoms with E-state index in [0.29, 0.717) is 56.3 Å². The molecule has 250 valence electrons. The second kappa shape index (κ2) is 15.8. The SMILES string of the molecule is C=C(NC(=O)OC)[C@H](C(=O)Nc1c(F)ccc(F)c1CC[C@H]1CN[C@@H]2CCCS(=O)N1C2)[C@@H](c1ccc(Cl)cc1)C1CCOCC1. The molecule has 46 heavy (non-hydrogen) atoms. The first-order valence-electron chi connectivity index (χ1n) is 15.7. The van der Waals surface area contributed by atoms with Crippen molar-refractivity contribution < 1.29 is 32.1 Å². The summed E-state index contributed by atoms with van der Waals surface area (Å²) in [6, 6.07) is 9.23. The third-order valence-corrected chi connectivity index (χ3v) is 11.1. The number of carbonyl (C=O) groups excluding carboxylic acids is 2. The van der Waals surface area contributed by atoms with E-state index < -0.39 is 46.5 Å². The highest BCUT2D eigenvalue weighted by molar-refractivity contribution is 7.82. The summed E-state index contributed by atoms with van der Waals surface area (Å²) in [6.07, 6.45) is 2.79. The van der Waals surface area contributed by atoms with Crippen LogP contribution in [0, 0.1) is 23.5 Å². The quantitative estimate of drug-likeness (QED) is 0.316. The van der Waals surface area contributed by atoms with Gasteiger partial charge in [0.15, 0.2) is 0 Å². The van der Waals surface area contributed by atoms with Gasteiger partial charge in [-0.15, -0.1) is 0 Å². The van der Waals surface area contributed by atoms with Crippen LogP contribution >= 0.6 is 11.6 Å². The first-order valence-corrected chi connectivity index (χ1v) is 17.3. The van der Waals surface area contributed by atoms with Crippen LogP contribution in [0.15, 0.2) is 48.7 Å². The van der Waals surface area contributed by atoms with Crippen LogP contribution in [0.4, 0.5) is 19.3 Å². The standard InChI is InChI=1S/C33H41ClF2N4O5S/c1-20(38-33(42)44-2)29(30(22-13-15-45-16-14-22)21-5-7-23(34)8-6-21)32(41)39-31-26(27(35)11-12-28(31)36)10-9-25-18-37-24-4-3-17-46(43)40(25)19-24/h5-8,11-12,22,24-25,29-30,37H,1,3-4,9-10,13-19H2,2H3,(H,38,42)(H,39,41)/t24-,25+,29+,30+,46?/m1/s1. The molecule has 3 heterocycles. The van der Waals surface area contributed by atoms with Crippen LogP contribution in [0.2, 0.25) is 5.02 Å². The number of carbonyl (C=O) groups is 2. The van der Waals surface area contributed by atoms with Crippen molar-refractivity contribution in [3.8, 4) is 0 Å². The molecule has 9 nitrogen and oxygen atoms in total. The summed E-state index contributed by atoms with van der Waals surface area (Å²) in [4.78, 5) is 26.6. The van der Waals surface area contributed by atoms with E-state index in [1.165, 1.54) is 7.11 Å². The van der Waals surface area contributed by atoms with Gasteiger partial charge in [-0.3, -0.25) is 10.1 Å². The zero-order valence-corrected chi connectivity index (χ0v) is 27.4. The predicted octanol–water partition coefficient (Wildman–Crippen LogP) is 5.29. The fourth-order valence-electron chi connectivity index (χ4n) is 6.87. The van der Waals surface area contributed by atoms with Crippen molar-refractivity contribution in [3.63, 3.8) is 0 Å². The highest BCUT2D eigenvalue weighted by Crippen LogP contribution is 2.41. The Balaban J connectivity index is 1.45. The third kappa shape index (κ3) is 8.14. The molecule has 3 aliphatic rings. The molecule has 6 atom stereocenters. The van der Waals surface area contributed by atoms with E-state index >= 15 is 8.78 Å². The largest absolute Gasteiger partial charge is 0.453 e. The minimum absolute atomic E-state index is 0.0236. The molecule has 3 saturated heterocycles. The summed E-state index contributed by atoms with van der Waals surface area (Å²) >= 11 is 6.19. The van der Waals surface area contributed by atoms with Crippen LogP contribution < -0.4 is 16.0 Å². The number of methoxy groups -OCH3 is 1. The van der Waals surface area contributed by atoms with E-state index in [0.717, 1.165) is 30.5 Å². The highest BCUT2D eigenvalue weighted by Gasteiger charge is 2.40. The van der Waals surface area contributed by atoms with E-state index in [4.69, 9.17) is 21.1 Å². The Labute approximate surface area is 276 Å². The van der Waals surface area contributed by atoms with Gasteiger partial charge >= 0.3 is 6.09 Å². The number of hydrogen-bond acceptors (Lipinski definition) is 6. The lowest BCUT2D eigenvalue weighted by molar-refractivity contribution is -0.120. The third-order valence-electron chi connectivity index (χ3n) is 9.26. The first kappa shape index (κ1) is 34.4. The Morgan fingerprint density at radius 1 is 1.15 bits per heavy atom. The lowest BCUT2D eigenvalue weighted by Gasteiger charge is -2.37. The number of nitrogens with zero attached hydrogens (tertiary/aromatic N) is 1. The lowest BCUT2D eigenvalue weighted by atomic mass is 9.72. The van der Waals surface area contributed by atoms with Crippen LogP contribution in [0.3, 0.4) is 0 Å². The van der Waals surface area contributed by atoms with Gasteiger partial charge in [-0.2, -0.15) is 0 Å². The van der Waals surface area contributed by atoms with Crippen molar-refractivity contribution in [1.82, 2.24) is 14.9 Å². The Hall–Kier alpha value is -2.90. The molecule has 2 aromatic carbocycles. The second-order valence-electron chi connectivity index (χ2n) is 12.1. The number of amides is 2. The molecule has 0 radical (unpaired) electrons. The topological polar surface area (TPSA) is 109 Å². The number of halogens is 3. The van der Waals surface area contributed by atoms with E-state index in [-0.39, 0.29) is 41.4 Å². The molecule has 2 bridgehead atoms. The molecule has 0 spiro atoms. The Morgan fingerprint density at radius 3 is 2.59 bits per heavy atom. The summed E-state index contributed by atoms with van der Waals surface area (Å²) in [5, 5.41) is 9.25. The Bertz CT molecular complexity index is 1440. The highest BCUT2D eigenvalue weighted by atomic mass is 35.5. The summed E-state index contributed by atoms with van der Waals surface area (Å²) in [5.74, 6) is -3.17. The van der Waals surface area contributed by atoms with Crippen LogP contribution in [-0.2, 0) is 31.7 Å². The summed E-state index contributed by atoms with van der Waals surface area (Å²) in [6.45, 7) is 6.23. The van der Waals surface area contributed by atoms with Gasteiger partial charge in [0.1, 0.15) is 11.6 Å². The van der Waals surface area contributed by atoms with Crippen molar-refractivity contribution in [3.05, 3.63) is 76.5 Å². The van der Waals surface area contributed by atoms with Crippen molar-refractivity contribution in [1.29, 1.82) is 0 Å². The van der Waals surface area contributed by atoms with Crippen LogP contribution in [0.1, 0.15) is 49.1 Å². The van der Waals surface area contributed by atoms with E-state index in [1.807, 2.05) is 16.4 Å². The second-order valence-corrected chi connectivity index (χ2v) is 14.0. The van der Waals surface area contributed by atoms with Gasteiger partial charge in [-0.1, -0.05) is 30.3 Å². The molecular formula is C33H41ClF2N4O5S. The van der Waals surface area contributed by atoms with Gasteiger partial charge in [0.2, 0.25) is 5.91 Å². The molecule has 0 saturated carbocycles. The number of nitrogens with one attached hydrogen (secondary N) is 3. The smallest absolute Gasteiger partial charge is 0.411 e. The zero-order chi connectivity index (χ0) is 32.8. The van der Waals surface area contributed by atoms with Crippen molar-refractivity contribution in [2.75, 3.05) is 44.5 Å². The van der Waals surface area contributed by atoms with E-state index in [2.05, 4.69) is 22.5 Å². The number of hydrogen-bond donors (Lipinski definition) is 3. The number of fused-ring (bicyclic) bond motifs is 2. The predicted molar refractivity (Wildman–Crippen MR) is 174 cm³/mol. The van der Waals surface area contributed by atoms with Crippen molar-refractivity contribution >= 4 is 40.3 Å². The molecule has 3 fully saturated rings. The minimum Gasteiger partial charge on any atom is -0.453 e. The van der Waals surface area contributed by atoms with Gasteiger partial charge < -0.3 is 20.1 Å². The molecule has 2 amide bonds. The molecule has 0 aliphatic carbocycles. The lowest BCUT2D eigenvalue weighted by Crippen LogP contribution is -2.55. The van der Waals surface area contributed by atoms with Gasteiger partial charge in [0, 0.05) is 66.3 Å². The molecule has 13 heteroatoms. The fourth-order valence-corrected chi connectivity index (χ4v) is 8.51. The molecule has 3 N–H and O–H groups in total. The van der Waals surface area contributed by atoms with Crippen LogP contribution in [-0.4, -0.2) is 71.8 Å². The maximum atomic E-state index is 15.5. The molecule has 5 rings (SSSR count). The van der Waals surface area contributed by atoms with Crippen LogP contribution in [0.5, 0.6) is 0 Å². The number of benzene rings is 2. The number of ether oxygens (including phenoxy) is 2. The molecule has 2 unspecified atom stereocenters. The average molecular weight is 679 g/mol. The van der Waals surface area contributed by atoms with Crippen molar-refractivity contribution in [2.24, 2.45) is 11.8 Å². The van der Waals surface area contributed by atoms with Gasteiger partial charge in [0.25, 0.3) is 0 Å². The van der Waals surface area contributed by atoms with Gasteiger partial charge in [-0.05, 0) is 74.3 Å². The number of anilines is 1. The molecular weight excluding hydrogens is 638 g/mol. The van der Waals surface area contributed by atoms with Gasteiger partial charge in [0.05, 0.1) is 29.7 Å². The summed E-state index contributed by atoms with van der Waals surface area (Å²) in [7, 11) is 0.0608. The van der Waals surface area contributed by atoms with E-state index in [1.54, 1.807) is 12.1 Å². The zero-order valence-electron chi connectivity index (χ0n) is 25.9.